The van der Waals surface area contributed by atoms with Crippen molar-refractivity contribution in [2.45, 2.75) is 38.7 Å². The molecule has 2 atom stereocenters. The second-order valence-electron chi connectivity index (χ2n) is 2.96. The number of aliphatic hydroxyl groups excluding tert-OH is 1. The second kappa shape index (κ2) is 6.87. The van der Waals surface area contributed by atoms with Crippen LogP contribution in [0.2, 0.25) is 0 Å². The SMILES string of the molecule is C=CC[C@@H](O)[C@H](CC)CCC#N. The van der Waals surface area contributed by atoms with Crippen LogP contribution in [0, 0.1) is 17.2 Å². The number of hydrogen-bond acceptors (Lipinski definition) is 2. The summed E-state index contributed by atoms with van der Waals surface area (Å²) in [4.78, 5) is 0. The Morgan fingerprint density at radius 3 is 2.75 bits per heavy atom. The van der Waals surface area contributed by atoms with E-state index in [1.165, 1.54) is 0 Å². The van der Waals surface area contributed by atoms with Gasteiger partial charge in [-0.2, -0.15) is 5.26 Å². The summed E-state index contributed by atoms with van der Waals surface area (Å²) in [5, 5.41) is 17.9. The third kappa shape index (κ3) is 4.15. The number of rotatable bonds is 6. The molecule has 0 aromatic heterocycles. The number of nitrogens with zero attached hydrogens (tertiary/aromatic N) is 1. The van der Waals surface area contributed by atoms with Gasteiger partial charge in [-0.1, -0.05) is 19.4 Å². The van der Waals surface area contributed by atoms with Crippen LogP contribution in [0.4, 0.5) is 0 Å². The Labute approximate surface area is 74.5 Å². The molecule has 0 aromatic carbocycles. The predicted molar refractivity (Wildman–Crippen MR) is 49.4 cm³/mol. The first-order chi connectivity index (χ1) is 5.76. The summed E-state index contributed by atoms with van der Waals surface area (Å²) < 4.78 is 0. The summed E-state index contributed by atoms with van der Waals surface area (Å²) in [5.41, 5.74) is 0. The average molecular weight is 167 g/mol. The lowest BCUT2D eigenvalue weighted by Gasteiger charge is -2.18. The Hall–Kier alpha value is -0.810. The van der Waals surface area contributed by atoms with E-state index in [0.717, 1.165) is 12.8 Å². The van der Waals surface area contributed by atoms with Crippen LogP contribution in [0.3, 0.4) is 0 Å². The molecule has 0 amide bonds. The molecule has 0 aliphatic carbocycles. The molecule has 2 heteroatoms. The molecule has 0 bridgehead atoms. The van der Waals surface area contributed by atoms with Gasteiger partial charge in [-0.25, -0.2) is 0 Å². The Kier molecular flexibility index (Phi) is 6.41. The first kappa shape index (κ1) is 11.2. The highest BCUT2D eigenvalue weighted by Crippen LogP contribution is 2.17. The van der Waals surface area contributed by atoms with Crippen LogP contribution in [-0.4, -0.2) is 11.2 Å². The zero-order valence-electron chi connectivity index (χ0n) is 7.66. The molecule has 1 N–H and O–H groups in total. The van der Waals surface area contributed by atoms with E-state index in [-0.39, 0.29) is 12.0 Å². The maximum atomic E-state index is 9.55. The van der Waals surface area contributed by atoms with E-state index < -0.39 is 0 Å². The largest absolute Gasteiger partial charge is 0.393 e. The van der Waals surface area contributed by atoms with Crippen LogP contribution in [-0.2, 0) is 0 Å². The highest BCUT2D eigenvalue weighted by molar-refractivity contribution is 4.80. The molecule has 2 nitrogen and oxygen atoms in total. The van der Waals surface area contributed by atoms with Gasteiger partial charge in [0.2, 0.25) is 0 Å². The molecule has 0 radical (unpaired) electrons. The highest BCUT2D eigenvalue weighted by atomic mass is 16.3. The van der Waals surface area contributed by atoms with E-state index >= 15 is 0 Å². The molecule has 0 rings (SSSR count). The third-order valence-electron chi connectivity index (χ3n) is 2.10. The average Bonchev–Trinajstić information content (AvgIpc) is 2.06. The fraction of sp³-hybridized carbons (Fsp3) is 0.700. The van der Waals surface area contributed by atoms with Gasteiger partial charge in [0.25, 0.3) is 0 Å². The zero-order chi connectivity index (χ0) is 9.40. The van der Waals surface area contributed by atoms with Gasteiger partial charge in [-0.3, -0.25) is 0 Å². The molecule has 0 heterocycles. The van der Waals surface area contributed by atoms with E-state index in [0.29, 0.717) is 12.8 Å². The second-order valence-corrected chi connectivity index (χ2v) is 2.96. The quantitative estimate of drug-likeness (QED) is 0.616. The predicted octanol–water partition coefficient (Wildman–Crippen LogP) is 2.25. The van der Waals surface area contributed by atoms with Crippen molar-refractivity contribution >= 4 is 0 Å². The monoisotopic (exact) mass is 167 g/mol. The van der Waals surface area contributed by atoms with E-state index in [1.807, 2.05) is 6.92 Å². The summed E-state index contributed by atoms with van der Waals surface area (Å²) in [5.74, 6) is 0.252. The fourth-order valence-electron chi connectivity index (χ4n) is 1.28. The highest BCUT2D eigenvalue weighted by Gasteiger charge is 2.14. The van der Waals surface area contributed by atoms with Crippen molar-refractivity contribution in [3.05, 3.63) is 12.7 Å². The molecule has 0 spiro atoms. The smallest absolute Gasteiger partial charge is 0.0621 e. The van der Waals surface area contributed by atoms with Gasteiger partial charge in [0.05, 0.1) is 12.2 Å². The first-order valence-corrected chi connectivity index (χ1v) is 4.42. The van der Waals surface area contributed by atoms with Crippen LogP contribution in [0.1, 0.15) is 32.6 Å². The number of nitriles is 1. The molecule has 12 heavy (non-hydrogen) atoms. The Morgan fingerprint density at radius 2 is 2.33 bits per heavy atom. The molecule has 0 saturated carbocycles. The minimum absolute atomic E-state index is 0.252. The van der Waals surface area contributed by atoms with Gasteiger partial charge >= 0.3 is 0 Å². The molecule has 0 aliphatic rings. The van der Waals surface area contributed by atoms with Gasteiger partial charge in [-0.15, -0.1) is 6.58 Å². The number of aliphatic hydroxyl groups is 1. The van der Waals surface area contributed by atoms with Gasteiger partial charge in [0.15, 0.2) is 0 Å². The Balaban J connectivity index is 3.79. The maximum absolute atomic E-state index is 9.55. The minimum atomic E-state index is -0.319. The molecule has 0 aromatic rings. The molecule has 0 aliphatic heterocycles. The lowest BCUT2D eigenvalue weighted by Crippen LogP contribution is -2.18. The van der Waals surface area contributed by atoms with Crippen molar-refractivity contribution in [1.29, 1.82) is 5.26 Å². The van der Waals surface area contributed by atoms with Gasteiger partial charge < -0.3 is 5.11 Å². The maximum Gasteiger partial charge on any atom is 0.0621 e. The van der Waals surface area contributed by atoms with Gasteiger partial charge in [-0.05, 0) is 18.8 Å². The van der Waals surface area contributed by atoms with Crippen LogP contribution < -0.4 is 0 Å². The van der Waals surface area contributed by atoms with Crippen molar-refractivity contribution in [2.24, 2.45) is 5.92 Å². The molecule has 68 valence electrons. The lowest BCUT2D eigenvalue weighted by atomic mass is 9.92. The van der Waals surface area contributed by atoms with Crippen molar-refractivity contribution < 1.29 is 5.11 Å². The van der Waals surface area contributed by atoms with Gasteiger partial charge in [0, 0.05) is 6.42 Å². The van der Waals surface area contributed by atoms with E-state index in [2.05, 4.69) is 12.6 Å². The Bertz CT molecular complexity index is 160. The summed E-state index contributed by atoms with van der Waals surface area (Å²) in [6, 6.07) is 2.09. The zero-order valence-corrected chi connectivity index (χ0v) is 7.66. The fourth-order valence-corrected chi connectivity index (χ4v) is 1.28. The van der Waals surface area contributed by atoms with Crippen molar-refractivity contribution in [3.8, 4) is 6.07 Å². The van der Waals surface area contributed by atoms with Gasteiger partial charge in [0.1, 0.15) is 0 Å². The summed E-state index contributed by atoms with van der Waals surface area (Å²) >= 11 is 0. The van der Waals surface area contributed by atoms with Crippen LogP contribution in [0.25, 0.3) is 0 Å². The van der Waals surface area contributed by atoms with Crippen molar-refractivity contribution in [1.82, 2.24) is 0 Å². The first-order valence-electron chi connectivity index (χ1n) is 4.42. The third-order valence-corrected chi connectivity index (χ3v) is 2.10. The van der Waals surface area contributed by atoms with E-state index in [9.17, 15) is 5.11 Å². The number of hydrogen-bond donors (Lipinski definition) is 1. The normalized spacial score (nSPS) is 14.8. The lowest BCUT2D eigenvalue weighted by molar-refractivity contribution is 0.103. The molecule has 0 unspecified atom stereocenters. The van der Waals surface area contributed by atoms with Crippen LogP contribution in [0.15, 0.2) is 12.7 Å². The minimum Gasteiger partial charge on any atom is -0.393 e. The summed E-state index contributed by atoms with van der Waals surface area (Å²) in [6.07, 6.45) is 4.29. The van der Waals surface area contributed by atoms with E-state index in [1.54, 1.807) is 6.08 Å². The molecular formula is C10H17NO. The molecule has 0 fully saturated rings. The van der Waals surface area contributed by atoms with Crippen molar-refractivity contribution in [3.63, 3.8) is 0 Å². The Morgan fingerprint density at radius 1 is 1.67 bits per heavy atom. The van der Waals surface area contributed by atoms with Crippen molar-refractivity contribution in [2.75, 3.05) is 0 Å². The topological polar surface area (TPSA) is 44.0 Å². The van der Waals surface area contributed by atoms with E-state index in [4.69, 9.17) is 5.26 Å². The summed E-state index contributed by atoms with van der Waals surface area (Å²) in [6.45, 7) is 5.61. The standard InChI is InChI=1S/C10H17NO/c1-3-6-10(12)9(4-2)7-5-8-11/h3,9-10,12H,1,4-7H2,2H3/t9-,10-/m1/s1. The summed E-state index contributed by atoms with van der Waals surface area (Å²) in [7, 11) is 0. The van der Waals surface area contributed by atoms with Crippen LogP contribution in [0.5, 0.6) is 0 Å². The van der Waals surface area contributed by atoms with Crippen LogP contribution >= 0.6 is 0 Å². The molecular weight excluding hydrogens is 150 g/mol. The molecule has 0 saturated heterocycles.